The predicted octanol–water partition coefficient (Wildman–Crippen LogP) is 3.70. The summed E-state index contributed by atoms with van der Waals surface area (Å²) in [5.74, 6) is -0.322. The maximum Gasteiger partial charge on any atom is 0.264 e. The van der Waals surface area contributed by atoms with E-state index in [1.165, 1.54) is 18.3 Å². The fraction of sp³-hybridized carbons (Fsp3) is 0.192. The van der Waals surface area contributed by atoms with Crippen molar-refractivity contribution in [1.29, 1.82) is 0 Å². The Hall–Kier alpha value is -3.70. The van der Waals surface area contributed by atoms with Crippen LogP contribution in [-0.4, -0.2) is 45.6 Å². The molecule has 194 valence electrons. The first-order chi connectivity index (χ1) is 17.6. The molecular weight excluding hydrogens is 560 g/mol. The molecule has 37 heavy (non-hydrogen) atoms. The van der Waals surface area contributed by atoms with Gasteiger partial charge in [0, 0.05) is 10.5 Å². The Morgan fingerprint density at radius 1 is 1.00 bits per heavy atom. The average Bonchev–Trinajstić information content (AvgIpc) is 2.87. The number of nitrogens with one attached hydrogen (secondary N) is 2. The first-order valence-corrected chi connectivity index (χ1v) is 13.6. The van der Waals surface area contributed by atoms with Crippen LogP contribution in [0.4, 0.5) is 5.69 Å². The van der Waals surface area contributed by atoms with E-state index in [1.807, 2.05) is 13.8 Å². The monoisotopic (exact) mass is 586 g/mol. The highest BCUT2D eigenvalue weighted by molar-refractivity contribution is 9.10. The van der Waals surface area contributed by atoms with Gasteiger partial charge in [0.15, 0.2) is 6.61 Å². The van der Waals surface area contributed by atoms with Crippen molar-refractivity contribution in [2.75, 3.05) is 17.5 Å². The van der Waals surface area contributed by atoms with Crippen LogP contribution in [0.3, 0.4) is 0 Å². The van der Waals surface area contributed by atoms with Gasteiger partial charge in [-0.3, -0.25) is 13.9 Å². The smallest absolute Gasteiger partial charge is 0.264 e. The Morgan fingerprint density at radius 3 is 2.35 bits per heavy atom. The number of carbonyl (C=O) groups excluding carboxylic acids is 2. The van der Waals surface area contributed by atoms with E-state index in [1.54, 1.807) is 66.7 Å². The molecule has 0 fully saturated rings. The van der Waals surface area contributed by atoms with Crippen LogP contribution in [0, 0.1) is 0 Å². The lowest BCUT2D eigenvalue weighted by Crippen LogP contribution is -2.39. The lowest BCUT2D eigenvalue weighted by Gasteiger charge is -2.23. The number of carbonyl (C=O) groups is 2. The van der Waals surface area contributed by atoms with Gasteiger partial charge >= 0.3 is 0 Å². The van der Waals surface area contributed by atoms with Crippen molar-refractivity contribution in [3.8, 4) is 5.75 Å². The van der Waals surface area contributed by atoms with Crippen LogP contribution in [0.2, 0.25) is 0 Å². The number of ether oxygens (including phenoxy) is 1. The molecule has 0 saturated heterocycles. The molecule has 0 spiro atoms. The number of hydrazone groups is 1. The van der Waals surface area contributed by atoms with Crippen LogP contribution in [0.25, 0.3) is 0 Å². The third-order valence-corrected chi connectivity index (χ3v) is 7.10. The van der Waals surface area contributed by atoms with E-state index in [2.05, 4.69) is 31.8 Å². The van der Waals surface area contributed by atoms with Crippen molar-refractivity contribution >= 4 is 49.7 Å². The number of hydrogen-bond acceptors (Lipinski definition) is 6. The molecule has 9 nitrogen and oxygen atoms in total. The Bertz CT molecular complexity index is 1350. The van der Waals surface area contributed by atoms with Gasteiger partial charge in [-0.2, -0.15) is 5.10 Å². The number of rotatable bonds is 11. The number of sulfonamides is 1. The summed E-state index contributed by atoms with van der Waals surface area (Å²) in [6.07, 6.45) is 1.42. The minimum absolute atomic E-state index is 0.0324. The van der Waals surface area contributed by atoms with Gasteiger partial charge < -0.3 is 10.1 Å². The van der Waals surface area contributed by atoms with Crippen LogP contribution in [-0.2, 0) is 19.6 Å². The quantitative estimate of drug-likeness (QED) is 0.262. The molecule has 0 radical (unpaired) electrons. The second-order valence-electron chi connectivity index (χ2n) is 8.18. The zero-order chi connectivity index (χ0) is 26.8. The van der Waals surface area contributed by atoms with E-state index in [-0.39, 0.29) is 23.5 Å². The first kappa shape index (κ1) is 27.9. The van der Waals surface area contributed by atoms with E-state index >= 15 is 0 Å². The second kappa shape index (κ2) is 13.0. The first-order valence-electron chi connectivity index (χ1n) is 11.3. The van der Waals surface area contributed by atoms with Gasteiger partial charge in [0.1, 0.15) is 12.3 Å². The highest BCUT2D eigenvalue weighted by Gasteiger charge is 2.27. The molecule has 0 aliphatic heterocycles. The van der Waals surface area contributed by atoms with Gasteiger partial charge in [-0.05, 0) is 74.0 Å². The molecule has 0 unspecified atom stereocenters. The standard InChI is InChI=1S/C26H27BrN4O5S/c1-19(2)29-26(33)18-36-23-13-11-20(12-14-23)16-28-30-25(32)17-31(22-8-6-7-21(27)15-22)37(34,35)24-9-4-3-5-10-24/h3-16,19H,17-18H2,1-2H3,(H,29,33)(H,30,32)/b28-16+. The van der Waals surface area contributed by atoms with Gasteiger partial charge in [-0.1, -0.05) is 40.2 Å². The summed E-state index contributed by atoms with van der Waals surface area (Å²) >= 11 is 3.34. The molecule has 3 aromatic rings. The predicted molar refractivity (Wildman–Crippen MR) is 146 cm³/mol. The van der Waals surface area contributed by atoms with Crippen molar-refractivity contribution in [3.63, 3.8) is 0 Å². The number of benzene rings is 3. The van der Waals surface area contributed by atoms with E-state index in [4.69, 9.17) is 4.74 Å². The molecule has 0 heterocycles. The molecule has 3 rings (SSSR count). The van der Waals surface area contributed by atoms with Crippen LogP contribution in [0.15, 0.2) is 93.3 Å². The number of nitrogens with zero attached hydrogens (tertiary/aromatic N) is 2. The maximum atomic E-state index is 13.3. The summed E-state index contributed by atoms with van der Waals surface area (Å²) in [6.45, 7) is 3.16. The van der Waals surface area contributed by atoms with Gasteiger partial charge in [-0.25, -0.2) is 13.8 Å². The summed E-state index contributed by atoms with van der Waals surface area (Å²) in [6, 6.07) is 21.4. The second-order valence-corrected chi connectivity index (χ2v) is 11.0. The van der Waals surface area contributed by atoms with Crippen molar-refractivity contribution in [1.82, 2.24) is 10.7 Å². The van der Waals surface area contributed by atoms with Crippen LogP contribution in [0.1, 0.15) is 19.4 Å². The van der Waals surface area contributed by atoms with Crippen LogP contribution in [0.5, 0.6) is 5.75 Å². The molecule has 0 aromatic heterocycles. The Morgan fingerprint density at radius 2 is 1.70 bits per heavy atom. The maximum absolute atomic E-state index is 13.3. The summed E-state index contributed by atoms with van der Waals surface area (Å²) in [5, 5.41) is 6.68. The van der Waals surface area contributed by atoms with E-state index < -0.39 is 22.5 Å². The third-order valence-electron chi connectivity index (χ3n) is 4.82. The van der Waals surface area contributed by atoms with Crippen LogP contribution >= 0.6 is 15.9 Å². The Kier molecular flexibility index (Phi) is 9.81. The zero-order valence-electron chi connectivity index (χ0n) is 20.3. The highest BCUT2D eigenvalue weighted by Crippen LogP contribution is 2.26. The fourth-order valence-electron chi connectivity index (χ4n) is 3.17. The largest absolute Gasteiger partial charge is 0.484 e. The zero-order valence-corrected chi connectivity index (χ0v) is 22.7. The number of halogens is 1. The lowest BCUT2D eigenvalue weighted by atomic mass is 10.2. The highest BCUT2D eigenvalue weighted by atomic mass is 79.9. The van der Waals surface area contributed by atoms with E-state index in [9.17, 15) is 18.0 Å². The van der Waals surface area contributed by atoms with Crippen molar-refractivity contribution in [3.05, 3.63) is 88.9 Å². The Labute approximate surface area is 224 Å². The minimum Gasteiger partial charge on any atom is -0.484 e. The lowest BCUT2D eigenvalue weighted by molar-refractivity contribution is -0.123. The van der Waals surface area contributed by atoms with Gasteiger partial charge in [0.25, 0.3) is 21.8 Å². The number of amides is 2. The summed E-state index contributed by atoms with van der Waals surface area (Å²) < 4.78 is 33.8. The van der Waals surface area contributed by atoms with Crippen LogP contribution < -0.4 is 19.8 Å². The molecule has 0 saturated carbocycles. The topological polar surface area (TPSA) is 117 Å². The van der Waals surface area contributed by atoms with Crippen molar-refractivity contribution in [2.24, 2.45) is 5.10 Å². The molecule has 0 atom stereocenters. The molecule has 0 aliphatic rings. The molecule has 0 bridgehead atoms. The number of anilines is 1. The summed E-state index contributed by atoms with van der Waals surface area (Å²) in [4.78, 5) is 24.4. The molecular formula is C26H27BrN4O5S. The number of hydrogen-bond donors (Lipinski definition) is 2. The van der Waals surface area contributed by atoms with Gasteiger partial charge in [0.05, 0.1) is 16.8 Å². The minimum atomic E-state index is -4.01. The molecule has 11 heteroatoms. The van der Waals surface area contributed by atoms with Gasteiger partial charge in [0.2, 0.25) is 0 Å². The fourth-order valence-corrected chi connectivity index (χ4v) is 4.99. The summed E-state index contributed by atoms with van der Waals surface area (Å²) in [5.41, 5.74) is 3.37. The van der Waals surface area contributed by atoms with Crippen molar-refractivity contribution in [2.45, 2.75) is 24.8 Å². The van der Waals surface area contributed by atoms with E-state index in [0.29, 0.717) is 21.5 Å². The molecule has 2 amide bonds. The summed E-state index contributed by atoms with van der Waals surface area (Å²) in [7, 11) is -4.01. The van der Waals surface area contributed by atoms with E-state index in [0.717, 1.165) is 4.31 Å². The molecule has 3 aromatic carbocycles. The SMILES string of the molecule is CC(C)NC(=O)COc1ccc(/C=N/NC(=O)CN(c2cccc(Br)c2)S(=O)(=O)c2ccccc2)cc1. The van der Waals surface area contributed by atoms with Gasteiger partial charge in [-0.15, -0.1) is 0 Å². The average molecular weight is 587 g/mol. The van der Waals surface area contributed by atoms with Crippen molar-refractivity contribution < 1.29 is 22.7 Å². The molecule has 0 aliphatic carbocycles. The third kappa shape index (κ3) is 8.43. The Balaban J connectivity index is 1.64. The normalized spacial score (nSPS) is 11.4. The molecule has 2 N–H and O–H groups in total.